The molecule has 2 N–H and O–H groups in total. The zero-order valence-corrected chi connectivity index (χ0v) is 17.3. The Hall–Kier alpha value is -0.620. The summed E-state index contributed by atoms with van der Waals surface area (Å²) in [4.78, 5) is 6.83. The van der Waals surface area contributed by atoms with Gasteiger partial charge in [-0.3, -0.25) is 14.1 Å². The molecular formula is C18H38N4OS. The lowest BCUT2D eigenvalue weighted by atomic mass is 9.95. The lowest BCUT2D eigenvalue weighted by Crippen LogP contribution is -2.49. The van der Waals surface area contributed by atoms with E-state index >= 15 is 0 Å². The molecule has 24 heavy (non-hydrogen) atoms. The number of hydrogen-bond acceptors (Lipinski definition) is 3. The summed E-state index contributed by atoms with van der Waals surface area (Å²) in [6.45, 7) is 12.9. The Labute approximate surface area is 151 Å². The van der Waals surface area contributed by atoms with Crippen LogP contribution in [0.3, 0.4) is 0 Å². The molecule has 0 spiro atoms. The van der Waals surface area contributed by atoms with Gasteiger partial charge in [0.1, 0.15) is 0 Å². The normalized spacial score (nSPS) is 23.8. The van der Waals surface area contributed by atoms with Gasteiger partial charge in [0.05, 0.1) is 0 Å². The van der Waals surface area contributed by atoms with Gasteiger partial charge < -0.3 is 10.6 Å². The fourth-order valence-corrected chi connectivity index (χ4v) is 4.90. The van der Waals surface area contributed by atoms with E-state index in [0.29, 0.717) is 23.4 Å². The highest BCUT2D eigenvalue weighted by atomic mass is 32.2. The zero-order chi connectivity index (χ0) is 18.1. The summed E-state index contributed by atoms with van der Waals surface area (Å²) in [5.74, 6) is 1.64. The average Bonchev–Trinajstić information content (AvgIpc) is 2.56. The molecule has 1 fully saturated rings. The van der Waals surface area contributed by atoms with Crippen molar-refractivity contribution in [2.45, 2.75) is 83.7 Å². The van der Waals surface area contributed by atoms with E-state index < -0.39 is 10.8 Å². The number of aliphatic imine (C=N–C) groups is 1. The van der Waals surface area contributed by atoms with E-state index in [9.17, 15) is 4.21 Å². The highest BCUT2D eigenvalue weighted by Crippen LogP contribution is 2.22. The number of rotatable bonds is 8. The summed E-state index contributed by atoms with van der Waals surface area (Å²) in [6.07, 6.45) is 4.38. The van der Waals surface area contributed by atoms with E-state index in [0.717, 1.165) is 50.5 Å². The second-order valence-corrected chi connectivity index (χ2v) is 9.23. The molecule has 0 saturated heterocycles. The minimum Gasteiger partial charge on any atom is -0.355 e. The van der Waals surface area contributed by atoms with Gasteiger partial charge in [0.15, 0.2) is 5.96 Å². The summed E-state index contributed by atoms with van der Waals surface area (Å²) in [5, 5.41) is 7.31. The van der Waals surface area contributed by atoms with E-state index in [1.807, 2.05) is 14.0 Å². The van der Waals surface area contributed by atoms with Gasteiger partial charge in [-0.05, 0) is 47.0 Å². The molecular weight excluding hydrogens is 320 g/mol. The quantitative estimate of drug-likeness (QED) is 0.517. The molecule has 0 heterocycles. The minimum atomic E-state index is -0.680. The van der Waals surface area contributed by atoms with Crippen LogP contribution in [0.5, 0.6) is 0 Å². The van der Waals surface area contributed by atoms with Crippen LogP contribution in [0.2, 0.25) is 0 Å². The molecule has 1 saturated carbocycles. The second kappa shape index (κ2) is 11.1. The first-order valence-corrected chi connectivity index (χ1v) is 10.9. The van der Waals surface area contributed by atoms with Gasteiger partial charge >= 0.3 is 0 Å². The topological polar surface area (TPSA) is 56.7 Å². The smallest absolute Gasteiger partial charge is 0.191 e. The third kappa shape index (κ3) is 7.09. The predicted molar refractivity (Wildman–Crippen MR) is 106 cm³/mol. The van der Waals surface area contributed by atoms with Crippen LogP contribution in [0, 0.1) is 0 Å². The van der Waals surface area contributed by atoms with E-state index in [1.54, 1.807) is 0 Å². The molecule has 1 aliphatic carbocycles. The van der Waals surface area contributed by atoms with E-state index in [2.05, 4.69) is 48.2 Å². The molecule has 5 nitrogen and oxygen atoms in total. The van der Waals surface area contributed by atoms with E-state index in [4.69, 9.17) is 0 Å². The van der Waals surface area contributed by atoms with Crippen LogP contribution in [-0.4, -0.2) is 64.3 Å². The standard InChI is InChI=1S/C18H38N4OS/c1-7-24(23)17-10-8-9-16(13-17)21-18(19-6)20-11-12-22(14(2)3)15(4)5/h14-17H,7-13H2,1-6H3,(H2,19,20,21). The molecule has 3 atom stereocenters. The van der Waals surface area contributed by atoms with Gasteiger partial charge in [0, 0.05) is 60.1 Å². The van der Waals surface area contributed by atoms with Crippen molar-refractivity contribution in [3.05, 3.63) is 0 Å². The van der Waals surface area contributed by atoms with Crippen LogP contribution >= 0.6 is 0 Å². The summed E-state index contributed by atoms with van der Waals surface area (Å²) >= 11 is 0. The van der Waals surface area contributed by atoms with Gasteiger partial charge in [-0.15, -0.1) is 0 Å². The SMILES string of the molecule is CCS(=O)C1CCCC(NC(=NC)NCCN(C(C)C)C(C)C)C1. The maximum Gasteiger partial charge on any atom is 0.191 e. The van der Waals surface area contributed by atoms with Crippen molar-refractivity contribution in [2.75, 3.05) is 25.9 Å². The molecule has 1 aliphatic rings. The van der Waals surface area contributed by atoms with Gasteiger partial charge in [-0.25, -0.2) is 0 Å². The third-order valence-corrected chi connectivity index (χ3v) is 6.58. The van der Waals surface area contributed by atoms with E-state index in [1.165, 1.54) is 0 Å². The Bertz CT molecular complexity index is 404. The average molecular weight is 359 g/mol. The van der Waals surface area contributed by atoms with Crippen LogP contribution in [0.4, 0.5) is 0 Å². The largest absolute Gasteiger partial charge is 0.355 e. The van der Waals surface area contributed by atoms with E-state index in [-0.39, 0.29) is 0 Å². The van der Waals surface area contributed by atoms with Crippen LogP contribution < -0.4 is 10.6 Å². The Morgan fingerprint density at radius 1 is 1.25 bits per heavy atom. The Morgan fingerprint density at radius 3 is 2.46 bits per heavy atom. The molecule has 0 amide bonds. The first kappa shape index (κ1) is 21.4. The number of guanidine groups is 1. The molecule has 0 aromatic rings. The monoisotopic (exact) mass is 358 g/mol. The second-order valence-electron chi connectivity index (χ2n) is 7.22. The van der Waals surface area contributed by atoms with Crippen molar-refractivity contribution < 1.29 is 4.21 Å². The third-order valence-electron chi connectivity index (χ3n) is 4.84. The van der Waals surface area contributed by atoms with Crippen LogP contribution in [-0.2, 0) is 10.8 Å². The predicted octanol–water partition coefficient (Wildman–Crippen LogP) is 2.35. The highest BCUT2D eigenvalue weighted by molar-refractivity contribution is 7.85. The number of nitrogens with zero attached hydrogens (tertiary/aromatic N) is 2. The van der Waals surface area contributed by atoms with Crippen molar-refractivity contribution in [3.63, 3.8) is 0 Å². The minimum absolute atomic E-state index is 0.344. The molecule has 0 bridgehead atoms. The Kier molecular flexibility index (Phi) is 9.89. The summed E-state index contributed by atoms with van der Waals surface area (Å²) in [6, 6.07) is 1.48. The molecule has 0 aliphatic heterocycles. The summed E-state index contributed by atoms with van der Waals surface area (Å²) in [7, 11) is 1.14. The molecule has 0 aromatic carbocycles. The van der Waals surface area contributed by atoms with Crippen LogP contribution in [0.15, 0.2) is 4.99 Å². The molecule has 0 radical (unpaired) electrons. The van der Waals surface area contributed by atoms with Crippen LogP contribution in [0.1, 0.15) is 60.3 Å². The summed E-state index contributed by atoms with van der Waals surface area (Å²) in [5.41, 5.74) is 0. The van der Waals surface area contributed by atoms with Gasteiger partial charge in [0.25, 0.3) is 0 Å². The number of nitrogens with one attached hydrogen (secondary N) is 2. The maximum absolute atomic E-state index is 12.1. The highest BCUT2D eigenvalue weighted by Gasteiger charge is 2.26. The molecule has 6 heteroatoms. The fourth-order valence-electron chi connectivity index (χ4n) is 3.55. The lowest BCUT2D eigenvalue weighted by Gasteiger charge is -2.32. The van der Waals surface area contributed by atoms with Gasteiger partial charge in [0.2, 0.25) is 0 Å². The fraction of sp³-hybridized carbons (Fsp3) is 0.944. The molecule has 142 valence electrons. The Morgan fingerprint density at radius 2 is 1.92 bits per heavy atom. The molecule has 0 aromatic heterocycles. The first-order chi connectivity index (χ1) is 11.4. The van der Waals surface area contributed by atoms with Crippen molar-refractivity contribution in [1.82, 2.24) is 15.5 Å². The first-order valence-electron chi connectivity index (χ1n) is 9.49. The molecule has 1 rings (SSSR count). The van der Waals surface area contributed by atoms with Gasteiger partial charge in [-0.1, -0.05) is 13.3 Å². The Balaban J connectivity index is 2.43. The summed E-state index contributed by atoms with van der Waals surface area (Å²) < 4.78 is 12.1. The number of hydrogen-bond donors (Lipinski definition) is 2. The van der Waals surface area contributed by atoms with Crippen molar-refractivity contribution in [3.8, 4) is 0 Å². The van der Waals surface area contributed by atoms with Crippen molar-refractivity contribution in [2.24, 2.45) is 4.99 Å². The van der Waals surface area contributed by atoms with Crippen molar-refractivity contribution >= 4 is 16.8 Å². The molecule has 3 unspecified atom stereocenters. The van der Waals surface area contributed by atoms with Gasteiger partial charge in [-0.2, -0.15) is 0 Å². The van der Waals surface area contributed by atoms with Crippen molar-refractivity contribution in [1.29, 1.82) is 0 Å². The lowest BCUT2D eigenvalue weighted by molar-refractivity contribution is 0.178. The van der Waals surface area contributed by atoms with Crippen LogP contribution in [0.25, 0.3) is 0 Å². The zero-order valence-electron chi connectivity index (χ0n) is 16.5. The maximum atomic E-state index is 12.1.